The Balaban J connectivity index is 1.28. The van der Waals surface area contributed by atoms with Crippen LogP contribution >= 0.6 is 0 Å². The molecule has 0 radical (unpaired) electrons. The van der Waals surface area contributed by atoms with E-state index in [1.807, 2.05) is 31.7 Å². The molecule has 1 aliphatic heterocycles. The lowest BCUT2D eigenvalue weighted by Gasteiger charge is -2.42. The predicted octanol–water partition coefficient (Wildman–Crippen LogP) is 4.52. The molecular formula is C26H35N5O3. The number of amides is 1. The fraction of sp³-hybridized carbons (Fsp3) is 0.615. The molecule has 34 heavy (non-hydrogen) atoms. The Morgan fingerprint density at radius 2 is 1.76 bits per heavy atom. The molecule has 2 fully saturated rings. The molecule has 182 valence electrons. The number of nitrogens with zero attached hydrogens (tertiary/aromatic N) is 5. The Bertz CT molecular complexity index is 1040. The van der Waals surface area contributed by atoms with Crippen molar-refractivity contribution in [2.45, 2.75) is 83.1 Å². The van der Waals surface area contributed by atoms with Crippen molar-refractivity contribution >= 4 is 17.0 Å². The number of hydrogen-bond acceptors (Lipinski definition) is 7. The number of fused-ring (bicyclic) bond motifs is 1. The summed E-state index contributed by atoms with van der Waals surface area (Å²) in [6, 6.07) is 8.57. The van der Waals surface area contributed by atoms with E-state index in [2.05, 4.69) is 28.0 Å². The quantitative estimate of drug-likeness (QED) is 0.655. The molecular weight excluding hydrogens is 430 g/mol. The van der Waals surface area contributed by atoms with Gasteiger partial charge in [0.15, 0.2) is 0 Å². The lowest BCUT2D eigenvalue weighted by atomic mass is 9.90. The zero-order valence-corrected chi connectivity index (χ0v) is 20.7. The van der Waals surface area contributed by atoms with Crippen molar-refractivity contribution in [2.24, 2.45) is 0 Å². The highest BCUT2D eigenvalue weighted by molar-refractivity contribution is 5.84. The minimum atomic E-state index is -0.457. The van der Waals surface area contributed by atoms with Gasteiger partial charge in [-0.15, -0.1) is 0 Å². The average Bonchev–Trinajstić information content (AvgIpc) is 2.83. The van der Waals surface area contributed by atoms with Crippen LogP contribution in [0, 0.1) is 11.3 Å². The number of benzene rings is 1. The summed E-state index contributed by atoms with van der Waals surface area (Å²) in [5, 5.41) is 10.0. The van der Waals surface area contributed by atoms with Crippen LogP contribution in [0.15, 0.2) is 24.5 Å². The third-order valence-corrected chi connectivity index (χ3v) is 6.92. The summed E-state index contributed by atoms with van der Waals surface area (Å²) < 4.78 is 11.8. The van der Waals surface area contributed by atoms with Crippen molar-refractivity contribution < 1.29 is 14.3 Å². The Labute approximate surface area is 201 Å². The van der Waals surface area contributed by atoms with Crippen LogP contribution in [0.25, 0.3) is 10.9 Å². The first-order chi connectivity index (χ1) is 16.2. The Hall–Kier alpha value is -2.92. The molecule has 1 saturated carbocycles. The van der Waals surface area contributed by atoms with Crippen LogP contribution in [0.3, 0.4) is 0 Å². The molecule has 2 aliphatic rings. The van der Waals surface area contributed by atoms with E-state index in [9.17, 15) is 10.1 Å². The van der Waals surface area contributed by atoms with E-state index in [0.29, 0.717) is 23.5 Å². The molecule has 0 unspecified atom stereocenters. The van der Waals surface area contributed by atoms with Gasteiger partial charge in [-0.3, -0.25) is 0 Å². The molecule has 0 spiro atoms. The highest BCUT2D eigenvalue weighted by Crippen LogP contribution is 2.31. The summed E-state index contributed by atoms with van der Waals surface area (Å²) >= 11 is 0. The van der Waals surface area contributed by atoms with E-state index in [0.717, 1.165) is 62.5 Å². The largest absolute Gasteiger partial charge is 0.474 e. The van der Waals surface area contributed by atoms with Gasteiger partial charge < -0.3 is 19.3 Å². The maximum Gasteiger partial charge on any atom is 0.410 e. The topological polar surface area (TPSA) is 91.6 Å². The first-order valence-corrected chi connectivity index (χ1v) is 12.2. The zero-order chi connectivity index (χ0) is 24.3. The molecule has 1 aromatic carbocycles. The molecule has 0 bridgehead atoms. The van der Waals surface area contributed by atoms with Crippen molar-refractivity contribution in [3.05, 3.63) is 30.1 Å². The SMILES string of the molecule is CN(C1CCN(C(=O)OC(C)(C)C)CC1)[C@H]1CC[C@H](Oc2ncnc3ccc(C#N)cc23)CC1. The van der Waals surface area contributed by atoms with Crippen molar-refractivity contribution in [1.82, 2.24) is 19.8 Å². The van der Waals surface area contributed by atoms with E-state index < -0.39 is 5.60 Å². The van der Waals surface area contributed by atoms with Gasteiger partial charge in [0, 0.05) is 25.2 Å². The van der Waals surface area contributed by atoms with E-state index in [4.69, 9.17) is 9.47 Å². The summed E-state index contributed by atoms with van der Waals surface area (Å²) in [6.45, 7) is 7.20. The smallest absolute Gasteiger partial charge is 0.410 e. The van der Waals surface area contributed by atoms with Gasteiger partial charge >= 0.3 is 6.09 Å². The van der Waals surface area contributed by atoms with E-state index >= 15 is 0 Å². The number of likely N-dealkylation sites (tertiary alicyclic amines) is 1. The number of nitriles is 1. The van der Waals surface area contributed by atoms with Gasteiger partial charge in [0.05, 0.1) is 22.5 Å². The number of piperidine rings is 1. The summed E-state index contributed by atoms with van der Waals surface area (Å²) in [5.41, 5.74) is 0.909. The van der Waals surface area contributed by atoms with E-state index in [1.165, 1.54) is 6.33 Å². The van der Waals surface area contributed by atoms with E-state index in [1.54, 1.807) is 12.1 Å². The fourth-order valence-electron chi connectivity index (χ4n) is 5.00. The minimum Gasteiger partial charge on any atom is -0.474 e. The highest BCUT2D eigenvalue weighted by Gasteiger charge is 2.33. The molecule has 4 rings (SSSR count). The molecule has 8 heteroatoms. The van der Waals surface area contributed by atoms with Crippen molar-refractivity contribution in [1.29, 1.82) is 5.26 Å². The Morgan fingerprint density at radius 1 is 1.09 bits per heavy atom. The molecule has 1 aromatic heterocycles. The molecule has 0 atom stereocenters. The van der Waals surface area contributed by atoms with Crippen LogP contribution in [0.4, 0.5) is 4.79 Å². The first kappa shape index (κ1) is 24.2. The average molecular weight is 466 g/mol. The van der Waals surface area contributed by atoms with Crippen LogP contribution in [0.2, 0.25) is 0 Å². The molecule has 2 aromatic rings. The molecule has 1 saturated heterocycles. The maximum atomic E-state index is 12.3. The standard InChI is InChI=1S/C26H35N5O3/c1-26(2,3)34-25(32)31-13-11-20(12-14-31)30(4)19-6-8-21(9-7-19)33-24-22-15-18(16-27)5-10-23(22)28-17-29-24/h5,10,15,17,19-21H,6-9,11-14H2,1-4H3/t19-,21-. The van der Waals surface area contributed by atoms with Gasteiger partial charge in [-0.2, -0.15) is 5.26 Å². The summed E-state index contributed by atoms with van der Waals surface area (Å²) in [6.07, 6.45) is 7.45. The molecule has 0 N–H and O–H groups in total. The molecule has 8 nitrogen and oxygen atoms in total. The van der Waals surface area contributed by atoms with Crippen LogP contribution in [0.1, 0.15) is 64.9 Å². The van der Waals surface area contributed by atoms with Crippen LogP contribution < -0.4 is 4.74 Å². The van der Waals surface area contributed by atoms with Gasteiger partial charge in [-0.05, 0) is 84.5 Å². The Morgan fingerprint density at radius 3 is 2.41 bits per heavy atom. The van der Waals surface area contributed by atoms with Crippen LogP contribution in [-0.4, -0.2) is 69.8 Å². The zero-order valence-electron chi connectivity index (χ0n) is 20.7. The lowest BCUT2D eigenvalue weighted by Crippen LogP contribution is -2.50. The van der Waals surface area contributed by atoms with Crippen molar-refractivity contribution in [3.8, 4) is 11.9 Å². The van der Waals surface area contributed by atoms with Crippen molar-refractivity contribution in [3.63, 3.8) is 0 Å². The second-order valence-electron chi connectivity index (χ2n) is 10.4. The number of ether oxygens (including phenoxy) is 2. The Kier molecular flexibility index (Phi) is 7.22. The maximum absolute atomic E-state index is 12.3. The number of hydrogen-bond donors (Lipinski definition) is 0. The summed E-state index contributed by atoms with van der Waals surface area (Å²) in [4.78, 5) is 25.3. The number of aromatic nitrogens is 2. The highest BCUT2D eigenvalue weighted by atomic mass is 16.6. The van der Waals surface area contributed by atoms with Gasteiger partial charge in [0.25, 0.3) is 0 Å². The third kappa shape index (κ3) is 5.76. The second kappa shape index (κ2) is 10.1. The predicted molar refractivity (Wildman–Crippen MR) is 130 cm³/mol. The second-order valence-corrected chi connectivity index (χ2v) is 10.4. The minimum absolute atomic E-state index is 0.113. The van der Waals surface area contributed by atoms with Crippen LogP contribution in [0.5, 0.6) is 5.88 Å². The molecule has 1 aliphatic carbocycles. The normalized spacial score (nSPS) is 21.9. The van der Waals surface area contributed by atoms with Crippen molar-refractivity contribution in [2.75, 3.05) is 20.1 Å². The fourth-order valence-corrected chi connectivity index (χ4v) is 5.00. The van der Waals surface area contributed by atoms with Gasteiger partial charge in [0.1, 0.15) is 18.0 Å². The monoisotopic (exact) mass is 465 g/mol. The summed E-state index contributed by atoms with van der Waals surface area (Å²) in [7, 11) is 2.22. The first-order valence-electron chi connectivity index (χ1n) is 12.2. The van der Waals surface area contributed by atoms with Gasteiger partial charge in [-0.25, -0.2) is 14.8 Å². The lowest BCUT2D eigenvalue weighted by molar-refractivity contribution is 0.00964. The van der Waals surface area contributed by atoms with E-state index in [-0.39, 0.29) is 12.2 Å². The van der Waals surface area contributed by atoms with Gasteiger partial charge in [0.2, 0.25) is 5.88 Å². The third-order valence-electron chi connectivity index (χ3n) is 6.92. The summed E-state index contributed by atoms with van der Waals surface area (Å²) in [5.74, 6) is 0.563. The molecule has 2 heterocycles. The number of rotatable bonds is 4. The number of carbonyl (C=O) groups excluding carboxylic acids is 1. The van der Waals surface area contributed by atoms with Crippen LogP contribution in [-0.2, 0) is 4.74 Å². The molecule has 1 amide bonds. The van der Waals surface area contributed by atoms with Gasteiger partial charge in [-0.1, -0.05) is 0 Å². The number of carbonyl (C=O) groups is 1.